The Morgan fingerprint density at radius 1 is 1.04 bits per heavy atom. The number of nitrogens with one attached hydrogen (secondary N) is 1. The number of anilines is 1. The molecule has 2 aromatic carbocycles. The Morgan fingerprint density at radius 2 is 1.70 bits per heavy atom. The van der Waals surface area contributed by atoms with Crippen molar-refractivity contribution in [1.82, 2.24) is 19.4 Å². The molecule has 2 saturated heterocycles. The number of imidazole rings is 1. The lowest BCUT2D eigenvalue weighted by molar-refractivity contribution is -0.907. The maximum absolute atomic E-state index is 14.7. The van der Waals surface area contributed by atoms with Crippen LogP contribution in [0.1, 0.15) is 33.8 Å². The molecule has 0 bridgehead atoms. The monoisotopic (exact) mass is 672 g/mol. The molecule has 12 nitrogen and oxygen atoms in total. The number of carbonyl (C=O) groups is 4. The molecule has 3 N–H and O–H groups in total. The Hall–Kier alpha value is -4.56. The molecule has 0 atom stereocenters. The second-order valence-corrected chi connectivity index (χ2v) is 12.6. The fourth-order valence-electron chi connectivity index (χ4n) is 6.24. The summed E-state index contributed by atoms with van der Waals surface area (Å²) in [5.41, 5.74) is 6.02. The van der Waals surface area contributed by atoms with Crippen LogP contribution in [0.15, 0.2) is 36.5 Å². The molecular formula is C32H37ClF2N7O5+. The molecule has 0 spiro atoms. The minimum absolute atomic E-state index is 0.0636. The van der Waals surface area contributed by atoms with Crippen molar-refractivity contribution in [3.8, 4) is 17.0 Å². The van der Waals surface area contributed by atoms with Gasteiger partial charge in [-0.15, -0.1) is 0 Å². The molecule has 0 saturated carbocycles. The van der Waals surface area contributed by atoms with E-state index in [-0.39, 0.29) is 63.6 Å². The van der Waals surface area contributed by atoms with Crippen LogP contribution in [0.2, 0.25) is 5.02 Å². The molecule has 2 aliphatic rings. The molecule has 5 rings (SSSR count). The minimum atomic E-state index is -1.15. The predicted octanol–water partition coefficient (Wildman–Crippen LogP) is 2.91. The van der Waals surface area contributed by atoms with Crippen LogP contribution in [0.4, 0.5) is 14.5 Å². The van der Waals surface area contributed by atoms with Gasteiger partial charge in [0.15, 0.2) is 23.9 Å². The highest BCUT2D eigenvalue weighted by Crippen LogP contribution is 2.31. The zero-order valence-electron chi connectivity index (χ0n) is 26.4. The van der Waals surface area contributed by atoms with Gasteiger partial charge in [-0.05, 0) is 30.3 Å². The van der Waals surface area contributed by atoms with E-state index in [0.717, 1.165) is 0 Å². The van der Waals surface area contributed by atoms with Crippen LogP contribution in [0.5, 0.6) is 5.75 Å². The summed E-state index contributed by atoms with van der Waals surface area (Å²) in [6, 6.07) is 7.12. The normalized spacial score (nSPS) is 19.7. The van der Waals surface area contributed by atoms with E-state index < -0.39 is 17.5 Å². The Bertz CT molecular complexity index is 1720. The summed E-state index contributed by atoms with van der Waals surface area (Å²) < 4.78 is 35.6. The molecule has 3 aromatic rings. The highest BCUT2D eigenvalue weighted by Gasteiger charge is 2.37. The Labute approximate surface area is 275 Å². The number of methoxy groups -OCH3 is 1. The summed E-state index contributed by atoms with van der Waals surface area (Å²) in [6.45, 7) is 3.18. The molecule has 0 radical (unpaired) electrons. The fourth-order valence-corrected chi connectivity index (χ4v) is 6.50. The number of halogens is 3. The zero-order chi connectivity index (χ0) is 34.0. The van der Waals surface area contributed by atoms with Gasteiger partial charge in [0.05, 0.1) is 49.7 Å². The second kappa shape index (κ2) is 13.7. The van der Waals surface area contributed by atoms with E-state index >= 15 is 0 Å². The lowest BCUT2D eigenvalue weighted by atomic mass is 9.93. The van der Waals surface area contributed by atoms with Crippen LogP contribution >= 0.6 is 11.6 Å². The van der Waals surface area contributed by atoms with E-state index in [2.05, 4.69) is 10.3 Å². The van der Waals surface area contributed by atoms with Gasteiger partial charge in [0, 0.05) is 63.2 Å². The molecule has 2 fully saturated rings. The third-order valence-electron chi connectivity index (χ3n) is 8.99. The summed E-state index contributed by atoms with van der Waals surface area (Å²) in [7, 11) is 4.71. The minimum Gasteiger partial charge on any atom is -0.494 e. The van der Waals surface area contributed by atoms with E-state index in [1.165, 1.54) is 55.3 Å². The van der Waals surface area contributed by atoms with Crippen LogP contribution < -0.4 is 15.8 Å². The quantitative estimate of drug-likeness (QED) is 0.353. The molecule has 0 unspecified atom stereocenters. The fraction of sp³-hybridized carbons (Fsp3) is 0.406. The number of likely N-dealkylation sites (N-methyl/N-ethyl adjacent to an activating group) is 1. The number of rotatable bonds is 8. The number of primary amides is 1. The Morgan fingerprint density at radius 3 is 2.32 bits per heavy atom. The van der Waals surface area contributed by atoms with Gasteiger partial charge in [-0.2, -0.15) is 4.39 Å². The largest absolute Gasteiger partial charge is 0.494 e. The van der Waals surface area contributed by atoms with Gasteiger partial charge in [-0.1, -0.05) is 11.6 Å². The zero-order valence-corrected chi connectivity index (χ0v) is 27.1. The van der Waals surface area contributed by atoms with Gasteiger partial charge >= 0.3 is 0 Å². The second-order valence-electron chi connectivity index (χ2n) is 12.2. The van der Waals surface area contributed by atoms with Gasteiger partial charge in [-0.25, -0.2) is 9.37 Å². The Kier molecular flexibility index (Phi) is 9.82. The van der Waals surface area contributed by atoms with Gasteiger partial charge in [-0.3, -0.25) is 19.2 Å². The van der Waals surface area contributed by atoms with Crippen LogP contribution in [0, 0.1) is 17.6 Å². The van der Waals surface area contributed by atoms with E-state index in [1.807, 2.05) is 7.05 Å². The number of nitrogens with zero attached hydrogens (tertiary/aromatic N) is 5. The number of quaternary nitrogens is 1. The number of piperazine rings is 1. The SMILES string of the molecule is COc1ccc(-c2cnc(C(=O)Nc3ccc(C(=O)N4CCN(C(=O)C5CC[N+](C)(CC(N)=O)CC5)CC4)c(Cl)c3)n2C)c(F)c1F. The van der Waals surface area contributed by atoms with E-state index in [1.54, 1.807) is 9.80 Å². The molecule has 3 heterocycles. The highest BCUT2D eigenvalue weighted by molar-refractivity contribution is 6.34. The van der Waals surface area contributed by atoms with Crippen molar-refractivity contribution in [1.29, 1.82) is 0 Å². The third kappa shape index (κ3) is 7.08. The summed E-state index contributed by atoms with van der Waals surface area (Å²) in [5.74, 6) is -3.90. The molecule has 4 amide bonds. The van der Waals surface area contributed by atoms with E-state index in [9.17, 15) is 28.0 Å². The van der Waals surface area contributed by atoms with Gasteiger partial charge < -0.3 is 34.6 Å². The van der Waals surface area contributed by atoms with Gasteiger partial charge in [0.25, 0.3) is 17.7 Å². The first-order valence-corrected chi connectivity index (χ1v) is 15.5. The lowest BCUT2D eigenvalue weighted by Crippen LogP contribution is -2.57. The number of carbonyl (C=O) groups excluding carboxylic acids is 4. The smallest absolute Gasteiger partial charge is 0.291 e. The summed E-state index contributed by atoms with van der Waals surface area (Å²) in [6.07, 6.45) is 2.63. The van der Waals surface area contributed by atoms with E-state index in [0.29, 0.717) is 62.3 Å². The van der Waals surface area contributed by atoms with Crippen molar-refractivity contribution < 1.29 is 37.2 Å². The van der Waals surface area contributed by atoms with Gasteiger partial charge in [0.2, 0.25) is 11.7 Å². The topological polar surface area (TPSA) is 140 Å². The molecule has 2 aliphatic heterocycles. The number of likely N-dealkylation sites (tertiary alicyclic amines) is 1. The van der Waals surface area contributed by atoms with Crippen molar-refractivity contribution in [3.63, 3.8) is 0 Å². The molecular weight excluding hydrogens is 636 g/mol. The van der Waals surface area contributed by atoms with Crippen molar-refractivity contribution in [2.75, 3.05) is 65.3 Å². The number of hydrogen-bond acceptors (Lipinski definition) is 6. The van der Waals surface area contributed by atoms with Crippen molar-refractivity contribution >= 4 is 40.9 Å². The molecule has 250 valence electrons. The number of hydrogen-bond donors (Lipinski definition) is 2. The summed E-state index contributed by atoms with van der Waals surface area (Å²) in [5, 5.41) is 2.80. The Balaban J connectivity index is 1.17. The van der Waals surface area contributed by atoms with Crippen LogP contribution in [-0.2, 0) is 16.6 Å². The number of benzene rings is 2. The molecule has 15 heteroatoms. The molecule has 47 heavy (non-hydrogen) atoms. The van der Waals surface area contributed by atoms with Crippen molar-refractivity contribution in [3.05, 3.63) is 64.6 Å². The average molecular weight is 673 g/mol. The molecule has 0 aliphatic carbocycles. The van der Waals surface area contributed by atoms with Crippen molar-refractivity contribution in [2.24, 2.45) is 18.7 Å². The highest BCUT2D eigenvalue weighted by atomic mass is 35.5. The lowest BCUT2D eigenvalue weighted by Gasteiger charge is -2.41. The predicted molar refractivity (Wildman–Crippen MR) is 170 cm³/mol. The maximum atomic E-state index is 14.7. The number of ether oxygens (including phenoxy) is 1. The van der Waals surface area contributed by atoms with Crippen molar-refractivity contribution in [2.45, 2.75) is 12.8 Å². The molecule has 1 aromatic heterocycles. The summed E-state index contributed by atoms with van der Waals surface area (Å²) >= 11 is 6.48. The first kappa shape index (κ1) is 33.8. The first-order valence-electron chi connectivity index (χ1n) is 15.2. The average Bonchev–Trinajstić information content (AvgIpc) is 3.42. The van der Waals surface area contributed by atoms with Crippen LogP contribution in [0.3, 0.4) is 0 Å². The number of nitrogens with two attached hydrogens (primary N) is 1. The van der Waals surface area contributed by atoms with Gasteiger partial charge in [0.1, 0.15) is 0 Å². The number of piperidine rings is 1. The van der Waals surface area contributed by atoms with Crippen LogP contribution in [0.25, 0.3) is 11.3 Å². The number of aromatic nitrogens is 2. The maximum Gasteiger partial charge on any atom is 0.291 e. The standard InChI is InChI=1S/C32H36ClF2N7O5/c1-39-24(22-6-7-25(47-3)28(35)27(22)34)17-37-29(39)30(44)38-20-4-5-21(23(33)16-20)32(46)41-12-10-40(11-13-41)31(45)19-8-14-42(2,15-9-19)18-26(36)43/h4-7,16-17,19H,8-15,18H2,1-3H3,(H2-,36,38,43,44,46)/p+1. The first-order chi connectivity index (χ1) is 22.3. The van der Waals surface area contributed by atoms with Crippen LogP contribution in [-0.4, -0.2) is 107 Å². The summed E-state index contributed by atoms with van der Waals surface area (Å²) in [4.78, 5) is 58.5. The number of amides is 4. The third-order valence-corrected chi connectivity index (χ3v) is 9.30. The van der Waals surface area contributed by atoms with E-state index in [4.69, 9.17) is 22.1 Å².